The smallest absolute Gasteiger partial charge is 0.226 e. The topological polar surface area (TPSA) is 84.5 Å². The molecule has 2 heterocycles. The predicted octanol–water partition coefficient (Wildman–Crippen LogP) is 2.25. The molecule has 1 aliphatic rings. The Morgan fingerprint density at radius 2 is 2.44 bits per heavy atom. The Morgan fingerprint density at radius 1 is 1.67 bits per heavy atom. The summed E-state index contributed by atoms with van der Waals surface area (Å²) < 4.78 is 4.42. The Balaban J connectivity index is 2.06. The maximum Gasteiger partial charge on any atom is 0.226 e. The monoisotopic (exact) mass is 268 g/mol. The number of nitrogens with one attached hydrogen (secondary N) is 1. The summed E-state index contributed by atoms with van der Waals surface area (Å²) in [5.41, 5.74) is 0. The van der Waals surface area contributed by atoms with Gasteiger partial charge < -0.3 is 5.32 Å². The van der Waals surface area contributed by atoms with Gasteiger partial charge in [0.25, 0.3) is 0 Å². The Morgan fingerprint density at radius 3 is 3.17 bits per heavy atom. The number of aromatic nitrogens is 3. The first kappa shape index (κ1) is 13.0. The van der Waals surface area contributed by atoms with Crippen molar-refractivity contribution in [1.82, 2.24) is 14.8 Å². The van der Waals surface area contributed by atoms with Crippen LogP contribution in [0.4, 0.5) is 5.95 Å². The number of anilines is 1. The molecule has 7 nitrogen and oxygen atoms in total. The van der Waals surface area contributed by atoms with E-state index in [9.17, 15) is 4.91 Å². The molecule has 0 radical (unpaired) electrons. The average molecular weight is 268 g/mol. The van der Waals surface area contributed by atoms with E-state index >= 15 is 0 Å². The lowest BCUT2D eigenvalue weighted by atomic mass is 10.2. The van der Waals surface area contributed by atoms with Crippen LogP contribution in [-0.2, 0) is 0 Å². The van der Waals surface area contributed by atoms with Gasteiger partial charge in [0.2, 0.25) is 5.95 Å². The fraction of sp³-hybridized carbons (Fsp3) is 0.700. The van der Waals surface area contributed by atoms with Crippen LogP contribution in [-0.4, -0.2) is 31.9 Å². The Labute approximate surface area is 110 Å². The fourth-order valence-electron chi connectivity index (χ4n) is 1.73. The highest BCUT2D eigenvalue weighted by atomic mass is 32.2. The summed E-state index contributed by atoms with van der Waals surface area (Å²) in [4.78, 5) is 18.9. The summed E-state index contributed by atoms with van der Waals surface area (Å²) in [5.74, 6) is 1.59. The number of nitroso groups, excluding NO2 is 1. The lowest BCUT2D eigenvalue weighted by Gasteiger charge is -2.24. The fourth-order valence-corrected chi connectivity index (χ4v) is 2.05. The van der Waals surface area contributed by atoms with E-state index < -0.39 is 0 Å². The first-order valence-corrected chi connectivity index (χ1v) is 6.50. The van der Waals surface area contributed by atoms with Crippen LogP contribution in [0.1, 0.15) is 33.2 Å². The maximum absolute atomic E-state index is 10.3. The van der Waals surface area contributed by atoms with Crippen LogP contribution in [0.2, 0.25) is 0 Å². The zero-order valence-corrected chi connectivity index (χ0v) is 11.4. The van der Waals surface area contributed by atoms with Crippen LogP contribution in [0, 0.1) is 4.91 Å². The average Bonchev–Trinajstić information content (AvgIpc) is 2.75. The van der Waals surface area contributed by atoms with Gasteiger partial charge in [-0.2, -0.15) is 10.1 Å². The second-order valence-electron chi connectivity index (χ2n) is 4.89. The molecule has 0 saturated carbocycles. The lowest BCUT2D eigenvalue weighted by Crippen LogP contribution is -2.29. The van der Waals surface area contributed by atoms with Crippen molar-refractivity contribution in [3.63, 3.8) is 0 Å². The van der Waals surface area contributed by atoms with Crippen molar-refractivity contribution in [2.24, 2.45) is 9.57 Å². The molecule has 0 spiro atoms. The number of nitrogens with zero attached hydrogens (tertiary/aromatic N) is 5. The van der Waals surface area contributed by atoms with Gasteiger partial charge in [-0.25, -0.2) is 4.68 Å². The molecule has 8 heteroatoms. The van der Waals surface area contributed by atoms with E-state index in [-0.39, 0.29) is 10.8 Å². The van der Waals surface area contributed by atoms with E-state index in [1.165, 1.54) is 6.33 Å². The number of hydrogen-bond donors (Lipinski definition) is 1. The molecule has 2 rings (SSSR count). The van der Waals surface area contributed by atoms with Crippen molar-refractivity contribution in [3.8, 4) is 0 Å². The number of rotatable bonds is 4. The van der Waals surface area contributed by atoms with Gasteiger partial charge in [0, 0.05) is 23.0 Å². The molecule has 1 atom stereocenters. The van der Waals surface area contributed by atoms with Crippen LogP contribution in [0.15, 0.2) is 15.9 Å². The zero-order valence-electron chi connectivity index (χ0n) is 10.6. The molecule has 0 aromatic carbocycles. The molecule has 1 aromatic heterocycles. The van der Waals surface area contributed by atoms with Gasteiger partial charge in [0.1, 0.15) is 12.2 Å². The van der Waals surface area contributed by atoms with Gasteiger partial charge in [-0.15, -0.1) is 4.91 Å². The molecular formula is C10H16N6OS. The van der Waals surface area contributed by atoms with Crippen molar-refractivity contribution in [2.45, 2.75) is 38.0 Å². The quantitative estimate of drug-likeness (QED) is 0.668. The van der Waals surface area contributed by atoms with Gasteiger partial charge >= 0.3 is 0 Å². The summed E-state index contributed by atoms with van der Waals surface area (Å²) in [5, 5.41) is 7.28. The van der Waals surface area contributed by atoms with Gasteiger partial charge in [0.05, 0.1) is 17.3 Å². The number of fused-ring (bicyclic) bond motifs is 1. The Bertz CT molecular complexity index is 469. The van der Waals surface area contributed by atoms with E-state index in [0.29, 0.717) is 12.5 Å². The summed E-state index contributed by atoms with van der Waals surface area (Å²) in [7, 11) is 0. The third kappa shape index (κ3) is 2.87. The van der Waals surface area contributed by atoms with E-state index in [2.05, 4.69) is 31.9 Å². The first-order valence-electron chi connectivity index (χ1n) is 5.72. The van der Waals surface area contributed by atoms with E-state index in [0.717, 1.165) is 24.2 Å². The minimum atomic E-state index is -0.287. The molecular weight excluding hydrogens is 252 g/mol. The number of amidine groups is 1. The first-order chi connectivity index (χ1) is 8.52. The summed E-state index contributed by atoms with van der Waals surface area (Å²) in [6.45, 7) is 6.49. The standard InChI is InChI=1S/C10H16N6OS/c1-7-4-8(11-5-10(2,3)18-15-17)14-9-12-6-13-16(7)9/h6-7H,4-5H2,1-3H3,(H,11,12,13,14). The molecule has 0 saturated heterocycles. The minimum Gasteiger partial charge on any atom is -0.313 e. The van der Waals surface area contributed by atoms with E-state index in [1.54, 1.807) is 0 Å². The highest BCUT2D eigenvalue weighted by Gasteiger charge is 2.23. The van der Waals surface area contributed by atoms with Crippen LogP contribution >= 0.6 is 11.9 Å². The van der Waals surface area contributed by atoms with Gasteiger partial charge in [-0.1, -0.05) is 0 Å². The van der Waals surface area contributed by atoms with Gasteiger partial charge in [-0.3, -0.25) is 4.99 Å². The molecule has 0 aliphatic carbocycles. The molecule has 1 N–H and O–H groups in total. The normalized spacial score (nSPS) is 21.5. The highest BCUT2D eigenvalue weighted by Crippen LogP contribution is 2.26. The highest BCUT2D eigenvalue weighted by molar-refractivity contribution is 7.99. The largest absolute Gasteiger partial charge is 0.313 e. The van der Waals surface area contributed by atoms with E-state index in [1.807, 2.05) is 18.5 Å². The van der Waals surface area contributed by atoms with Crippen molar-refractivity contribution in [2.75, 3.05) is 11.9 Å². The molecule has 0 bridgehead atoms. The van der Waals surface area contributed by atoms with E-state index in [4.69, 9.17) is 0 Å². The van der Waals surface area contributed by atoms with Crippen LogP contribution in [0.3, 0.4) is 0 Å². The summed E-state index contributed by atoms with van der Waals surface area (Å²) in [6.07, 6.45) is 2.31. The van der Waals surface area contributed by atoms with Crippen LogP contribution < -0.4 is 5.32 Å². The minimum absolute atomic E-state index is 0.238. The molecule has 18 heavy (non-hydrogen) atoms. The SMILES string of the molecule is CC1CC(=NCC(C)(C)SN=O)Nc2ncnn21. The molecule has 98 valence electrons. The van der Waals surface area contributed by atoms with Crippen molar-refractivity contribution < 1.29 is 0 Å². The zero-order chi connectivity index (χ0) is 13.2. The second-order valence-corrected chi connectivity index (χ2v) is 6.33. The summed E-state index contributed by atoms with van der Waals surface area (Å²) >= 11 is 1.01. The van der Waals surface area contributed by atoms with Crippen LogP contribution in [0.5, 0.6) is 0 Å². The molecule has 1 aromatic rings. The third-order valence-corrected chi connectivity index (χ3v) is 3.37. The van der Waals surface area contributed by atoms with Crippen molar-refractivity contribution >= 4 is 23.7 Å². The third-order valence-electron chi connectivity index (χ3n) is 2.67. The second kappa shape index (κ2) is 5.05. The molecule has 0 amide bonds. The Hall–Kier alpha value is -1.44. The molecule has 1 aliphatic heterocycles. The van der Waals surface area contributed by atoms with Gasteiger partial charge in [0.15, 0.2) is 0 Å². The number of hydrogen-bond acceptors (Lipinski definition) is 6. The molecule has 1 unspecified atom stereocenters. The lowest BCUT2D eigenvalue weighted by molar-refractivity contribution is 0.500. The van der Waals surface area contributed by atoms with Crippen LogP contribution in [0.25, 0.3) is 0 Å². The van der Waals surface area contributed by atoms with Crippen molar-refractivity contribution in [1.29, 1.82) is 0 Å². The predicted molar refractivity (Wildman–Crippen MR) is 72.7 cm³/mol. The van der Waals surface area contributed by atoms with Gasteiger partial charge in [-0.05, 0) is 20.8 Å². The van der Waals surface area contributed by atoms with Crippen molar-refractivity contribution in [3.05, 3.63) is 11.2 Å². The Kier molecular flexibility index (Phi) is 3.65. The molecule has 0 fully saturated rings. The summed E-state index contributed by atoms with van der Waals surface area (Å²) in [6, 6.07) is 0.238. The maximum atomic E-state index is 10.3. The number of aliphatic imine (C=N–C) groups is 1.